The van der Waals surface area contributed by atoms with Crippen molar-refractivity contribution in [3.8, 4) is 5.75 Å². The van der Waals surface area contributed by atoms with E-state index >= 15 is 0 Å². The van der Waals surface area contributed by atoms with Crippen LogP contribution in [-0.2, 0) is 5.60 Å². The molecule has 0 bridgehead atoms. The first kappa shape index (κ1) is 8.57. The van der Waals surface area contributed by atoms with Crippen molar-refractivity contribution >= 4 is 0 Å². The fraction of sp³-hybridized carbons (Fsp3) is 0.455. The van der Waals surface area contributed by atoms with Gasteiger partial charge in [-0.15, -0.1) is 0 Å². The average Bonchev–Trinajstić information content (AvgIpc) is 2.54. The molecule has 1 saturated carbocycles. The average molecular weight is 178 g/mol. The zero-order valence-electron chi connectivity index (χ0n) is 7.53. The van der Waals surface area contributed by atoms with Gasteiger partial charge < -0.3 is 10.2 Å². The Balaban J connectivity index is 2.33. The third-order valence-corrected chi connectivity index (χ3v) is 2.81. The Kier molecular flexibility index (Phi) is 2.00. The van der Waals surface area contributed by atoms with Crippen molar-refractivity contribution in [2.45, 2.75) is 31.3 Å². The molecule has 2 rings (SSSR count). The van der Waals surface area contributed by atoms with Gasteiger partial charge in [0.2, 0.25) is 0 Å². The molecule has 0 amide bonds. The Morgan fingerprint density at radius 3 is 2.46 bits per heavy atom. The maximum atomic E-state index is 10.2. The zero-order chi connectivity index (χ0) is 9.31. The molecular weight excluding hydrogens is 164 g/mol. The molecule has 0 aromatic heterocycles. The summed E-state index contributed by atoms with van der Waals surface area (Å²) in [7, 11) is 0. The molecule has 1 aromatic rings. The van der Waals surface area contributed by atoms with Crippen LogP contribution in [0.3, 0.4) is 0 Å². The molecule has 1 aromatic carbocycles. The molecule has 0 saturated heterocycles. The molecule has 0 radical (unpaired) electrons. The van der Waals surface area contributed by atoms with E-state index in [0.717, 1.165) is 31.2 Å². The topological polar surface area (TPSA) is 40.5 Å². The SMILES string of the molecule is Oc1cccc(C2(O)CCCC2)c1. The van der Waals surface area contributed by atoms with Crippen molar-refractivity contribution in [2.24, 2.45) is 0 Å². The van der Waals surface area contributed by atoms with Gasteiger partial charge in [-0.25, -0.2) is 0 Å². The van der Waals surface area contributed by atoms with Crippen molar-refractivity contribution < 1.29 is 10.2 Å². The van der Waals surface area contributed by atoms with Gasteiger partial charge >= 0.3 is 0 Å². The summed E-state index contributed by atoms with van der Waals surface area (Å²) < 4.78 is 0. The first-order valence-corrected chi connectivity index (χ1v) is 4.73. The summed E-state index contributed by atoms with van der Waals surface area (Å²) in [5, 5.41) is 19.5. The Hall–Kier alpha value is -1.02. The lowest BCUT2D eigenvalue weighted by atomic mass is 9.92. The lowest BCUT2D eigenvalue weighted by Crippen LogP contribution is -2.20. The number of aromatic hydroxyl groups is 1. The predicted octanol–water partition coefficient (Wildman–Crippen LogP) is 2.15. The van der Waals surface area contributed by atoms with E-state index in [2.05, 4.69) is 0 Å². The molecule has 0 spiro atoms. The molecule has 1 aliphatic carbocycles. The number of hydrogen-bond acceptors (Lipinski definition) is 2. The van der Waals surface area contributed by atoms with Crippen LogP contribution in [0, 0.1) is 0 Å². The number of phenolic OH excluding ortho intramolecular Hbond substituents is 1. The lowest BCUT2D eigenvalue weighted by Gasteiger charge is -2.22. The monoisotopic (exact) mass is 178 g/mol. The number of benzene rings is 1. The second-order valence-corrected chi connectivity index (χ2v) is 3.79. The Labute approximate surface area is 77.8 Å². The quantitative estimate of drug-likeness (QED) is 0.691. The van der Waals surface area contributed by atoms with Gasteiger partial charge in [0.1, 0.15) is 5.75 Å². The smallest absolute Gasteiger partial charge is 0.115 e. The fourth-order valence-corrected chi connectivity index (χ4v) is 2.04. The Morgan fingerprint density at radius 1 is 1.15 bits per heavy atom. The highest BCUT2D eigenvalue weighted by Gasteiger charge is 2.32. The minimum atomic E-state index is -0.682. The summed E-state index contributed by atoms with van der Waals surface area (Å²) >= 11 is 0. The van der Waals surface area contributed by atoms with Crippen molar-refractivity contribution in [3.63, 3.8) is 0 Å². The van der Waals surface area contributed by atoms with Gasteiger partial charge in [-0.1, -0.05) is 25.0 Å². The van der Waals surface area contributed by atoms with E-state index in [1.807, 2.05) is 6.07 Å². The van der Waals surface area contributed by atoms with Gasteiger partial charge in [-0.3, -0.25) is 0 Å². The second kappa shape index (κ2) is 3.04. The van der Waals surface area contributed by atoms with E-state index in [-0.39, 0.29) is 5.75 Å². The first-order chi connectivity index (χ1) is 6.21. The minimum Gasteiger partial charge on any atom is -0.508 e. The van der Waals surface area contributed by atoms with Gasteiger partial charge in [-0.05, 0) is 30.5 Å². The van der Waals surface area contributed by atoms with Crippen molar-refractivity contribution in [3.05, 3.63) is 29.8 Å². The van der Waals surface area contributed by atoms with Crippen LogP contribution < -0.4 is 0 Å². The standard InChI is InChI=1S/C11H14O2/c12-10-5-3-4-9(8-10)11(13)6-1-2-7-11/h3-5,8,12-13H,1-2,6-7H2. The van der Waals surface area contributed by atoms with Crippen LogP contribution in [0.2, 0.25) is 0 Å². The summed E-state index contributed by atoms with van der Waals surface area (Å²) in [5.41, 5.74) is 0.170. The molecular formula is C11H14O2. The first-order valence-electron chi connectivity index (χ1n) is 4.73. The molecule has 1 fully saturated rings. The van der Waals surface area contributed by atoms with Crippen LogP contribution in [-0.4, -0.2) is 10.2 Å². The van der Waals surface area contributed by atoms with Gasteiger partial charge in [0.15, 0.2) is 0 Å². The van der Waals surface area contributed by atoms with Crippen LogP contribution >= 0.6 is 0 Å². The predicted molar refractivity (Wildman–Crippen MR) is 50.5 cm³/mol. The van der Waals surface area contributed by atoms with Crippen molar-refractivity contribution in [2.75, 3.05) is 0 Å². The molecule has 0 heterocycles. The van der Waals surface area contributed by atoms with E-state index in [0.29, 0.717) is 0 Å². The molecule has 0 atom stereocenters. The molecule has 1 aliphatic rings. The van der Waals surface area contributed by atoms with E-state index in [4.69, 9.17) is 0 Å². The molecule has 0 aliphatic heterocycles. The van der Waals surface area contributed by atoms with Gasteiger partial charge in [0, 0.05) is 0 Å². The number of phenols is 1. The highest BCUT2D eigenvalue weighted by molar-refractivity contribution is 5.31. The number of rotatable bonds is 1. The van der Waals surface area contributed by atoms with Crippen LogP contribution in [0.1, 0.15) is 31.2 Å². The summed E-state index contributed by atoms with van der Waals surface area (Å²) in [6.07, 6.45) is 3.78. The summed E-state index contributed by atoms with van der Waals surface area (Å²) in [4.78, 5) is 0. The molecule has 2 nitrogen and oxygen atoms in total. The van der Waals surface area contributed by atoms with E-state index in [1.54, 1.807) is 18.2 Å². The molecule has 70 valence electrons. The number of hydrogen-bond donors (Lipinski definition) is 2. The van der Waals surface area contributed by atoms with Crippen LogP contribution in [0.15, 0.2) is 24.3 Å². The maximum Gasteiger partial charge on any atom is 0.115 e. The molecule has 0 unspecified atom stereocenters. The summed E-state index contributed by atoms with van der Waals surface area (Å²) in [6.45, 7) is 0. The van der Waals surface area contributed by atoms with Gasteiger partial charge in [0.05, 0.1) is 5.60 Å². The third-order valence-electron chi connectivity index (χ3n) is 2.81. The van der Waals surface area contributed by atoms with E-state index < -0.39 is 5.60 Å². The lowest BCUT2D eigenvalue weighted by molar-refractivity contribution is 0.0442. The van der Waals surface area contributed by atoms with E-state index in [9.17, 15) is 10.2 Å². The normalized spacial score (nSPS) is 20.4. The molecule has 2 N–H and O–H groups in total. The Bertz CT molecular complexity index is 301. The molecule has 13 heavy (non-hydrogen) atoms. The fourth-order valence-electron chi connectivity index (χ4n) is 2.04. The largest absolute Gasteiger partial charge is 0.508 e. The van der Waals surface area contributed by atoms with Crippen molar-refractivity contribution in [1.82, 2.24) is 0 Å². The van der Waals surface area contributed by atoms with Crippen LogP contribution in [0.4, 0.5) is 0 Å². The Morgan fingerprint density at radius 2 is 1.85 bits per heavy atom. The second-order valence-electron chi connectivity index (χ2n) is 3.79. The van der Waals surface area contributed by atoms with Gasteiger partial charge in [-0.2, -0.15) is 0 Å². The maximum absolute atomic E-state index is 10.2. The minimum absolute atomic E-state index is 0.234. The summed E-state index contributed by atoms with van der Waals surface area (Å²) in [6, 6.07) is 6.94. The molecule has 2 heteroatoms. The van der Waals surface area contributed by atoms with Gasteiger partial charge in [0.25, 0.3) is 0 Å². The number of aliphatic hydroxyl groups is 1. The third kappa shape index (κ3) is 1.54. The highest BCUT2D eigenvalue weighted by Crippen LogP contribution is 2.39. The van der Waals surface area contributed by atoms with E-state index in [1.165, 1.54) is 0 Å². The zero-order valence-corrected chi connectivity index (χ0v) is 7.53. The summed E-state index contributed by atoms with van der Waals surface area (Å²) in [5.74, 6) is 0.234. The van der Waals surface area contributed by atoms with Crippen LogP contribution in [0.25, 0.3) is 0 Å². The van der Waals surface area contributed by atoms with Crippen LogP contribution in [0.5, 0.6) is 5.75 Å². The highest BCUT2D eigenvalue weighted by atomic mass is 16.3. The van der Waals surface area contributed by atoms with Crippen molar-refractivity contribution in [1.29, 1.82) is 0 Å².